The van der Waals surface area contributed by atoms with Crippen LogP contribution in [0.1, 0.15) is 30.9 Å². The van der Waals surface area contributed by atoms with Crippen molar-refractivity contribution in [1.82, 2.24) is 10.2 Å². The Kier molecular flexibility index (Phi) is 7.15. The average molecular weight is 440 g/mol. The van der Waals surface area contributed by atoms with Gasteiger partial charge in [0, 0.05) is 20.1 Å². The minimum absolute atomic E-state index is 0.101. The lowest BCUT2D eigenvalue weighted by atomic mass is 9.98. The number of hydrogen-bond donors (Lipinski definition) is 2. The molecule has 1 aliphatic rings. The summed E-state index contributed by atoms with van der Waals surface area (Å²) in [5.74, 6) is -1.84. The topological polar surface area (TPSA) is 105 Å². The summed E-state index contributed by atoms with van der Waals surface area (Å²) in [5, 5.41) is 11.7. The van der Waals surface area contributed by atoms with Crippen molar-refractivity contribution in [2.75, 3.05) is 20.8 Å². The number of benzene rings is 2. The fraction of sp³-hybridized carbons (Fsp3) is 0.375. The highest BCUT2D eigenvalue weighted by Crippen LogP contribution is 2.44. The van der Waals surface area contributed by atoms with Crippen molar-refractivity contribution >= 4 is 18.0 Å². The molecule has 0 heterocycles. The quantitative estimate of drug-likeness (QED) is 0.654. The summed E-state index contributed by atoms with van der Waals surface area (Å²) in [5.41, 5.74) is 4.38. The number of methoxy groups -OCH3 is 1. The molecular formula is C24H28N2O6. The van der Waals surface area contributed by atoms with Gasteiger partial charge in [-0.25, -0.2) is 9.59 Å². The third kappa shape index (κ3) is 4.60. The molecule has 0 radical (unpaired) electrons. The number of fused-ring (bicyclic) bond motifs is 3. The van der Waals surface area contributed by atoms with Gasteiger partial charge in [-0.1, -0.05) is 48.5 Å². The number of nitrogens with zero attached hydrogens (tertiary/aromatic N) is 1. The Morgan fingerprint density at radius 3 is 2.06 bits per heavy atom. The molecule has 0 aliphatic heterocycles. The van der Waals surface area contributed by atoms with E-state index in [2.05, 4.69) is 5.32 Å². The first-order valence-corrected chi connectivity index (χ1v) is 10.4. The molecule has 3 atom stereocenters. The predicted molar refractivity (Wildman–Crippen MR) is 118 cm³/mol. The van der Waals surface area contributed by atoms with Crippen molar-refractivity contribution < 1.29 is 29.0 Å². The Hall–Kier alpha value is -3.39. The standard InChI is InChI=1S/C24H28N2O6/c1-14(23(28)29)26(3)22(27)21(15(2)31-4)25-24(30)32-13-20-18-11-7-5-9-16(18)17-10-6-8-12-19(17)20/h5-12,14-15,20-21H,13H2,1-4H3,(H,25,30)(H,28,29)/t14-,15?,21?/m0/s1. The van der Waals surface area contributed by atoms with Crippen molar-refractivity contribution in [3.63, 3.8) is 0 Å². The zero-order valence-electron chi connectivity index (χ0n) is 18.6. The SMILES string of the molecule is COC(C)C(NC(=O)OCC1c2ccccc2-c2ccccc21)C(=O)N(C)[C@@H](C)C(=O)O. The van der Waals surface area contributed by atoms with Crippen LogP contribution in [0, 0.1) is 0 Å². The van der Waals surface area contributed by atoms with Gasteiger partial charge >= 0.3 is 12.1 Å². The lowest BCUT2D eigenvalue weighted by molar-refractivity contribution is -0.150. The summed E-state index contributed by atoms with van der Waals surface area (Å²) in [6, 6.07) is 13.8. The van der Waals surface area contributed by atoms with Crippen LogP contribution in [0.2, 0.25) is 0 Å². The van der Waals surface area contributed by atoms with Crippen LogP contribution in [0.4, 0.5) is 4.79 Å². The van der Waals surface area contributed by atoms with E-state index in [1.165, 1.54) is 21.1 Å². The monoisotopic (exact) mass is 440 g/mol. The summed E-state index contributed by atoms with van der Waals surface area (Å²) < 4.78 is 10.7. The van der Waals surface area contributed by atoms with Crippen molar-refractivity contribution in [2.24, 2.45) is 0 Å². The second-order valence-electron chi connectivity index (χ2n) is 7.85. The molecule has 8 nitrogen and oxygen atoms in total. The van der Waals surface area contributed by atoms with Gasteiger partial charge in [0.1, 0.15) is 18.7 Å². The van der Waals surface area contributed by atoms with E-state index < -0.39 is 36.2 Å². The molecule has 0 bridgehead atoms. The molecule has 0 spiro atoms. The number of carbonyl (C=O) groups is 3. The molecule has 2 aromatic carbocycles. The number of amides is 2. The molecule has 1 aliphatic carbocycles. The van der Waals surface area contributed by atoms with Crippen LogP contribution in [-0.4, -0.2) is 66.9 Å². The van der Waals surface area contributed by atoms with Gasteiger partial charge in [-0.3, -0.25) is 4.79 Å². The van der Waals surface area contributed by atoms with E-state index in [0.29, 0.717) is 0 Å². The van der Waals surface area contributed by atoms with Crippen LogP contribution in [0.25, 0.3) is 11.1 Å². The number of rotatable bonds is 8. The van der Waals surface area contributed by atoms with E-state index in [1.54, 1.807) is 6.92 Å². The fourth-order valence-corrected chi connectivity index (χ4v) is 3.86. The van der Waals surface area contributed by atoms with Crippen molar-refractivity contribution in [3.8, 4) is 11.1 Å². The smallest absolute Gasteiger partial charge is 0.407 e. The number of carboxylic acid groups (broad SMARTS) is 1. The number of nitrogens with one attached hydrogen (secondary N) is 1. The Labute approximate surface area is 187 Å². The summed E-state index contributed by atoms with van der Waals surface area (Å²) in [6.45, 7) is 3.11. The number of carboxylic acids is 1. The molecule has 0 saturated heterocycles. The summed E-state index contributed by atoms with van der Waals surface area (Å²) >= 11 is 0. The summed E-state index contributed by atoms with van der Waals surface area (Å²) in [6.07, 6.45) is -1.46. The highest BCUT2D eigenvalue weighted by Gasteiger charge is 2.34. The van der Waals surface area contributed by atoms with Crippen LogP contribution in [-0.2, 0) is 19.1 Å². The highest BCUT2D eigenvalue weighted by molar-refractivity contribution is 5.89. The van der Waals surface area contributed by atoms with Gasteiger partial charge in [0.05, 0.1) is 6.10 Å². The third-order valence-electron chi connectivity index (χ3n) is 6.01. The summed E-state index contributed by atoms with van der Waals surface area (Å²) in [7, 11) is 2.78. The zero-order chi connectivity index (χ0) is 23.4. The zero-order valence-corrected chi connectivity index (χ0v) is 18.6. The van der Waals surface area contributed by atoms with E-state index in [4.69, 9.17) is 9.47 Å². The van der Waals surface area contributed by atoms with Crippen LogP contribution < -0.4 is 5.32 Å². The highest BCUT2D eigenvalue weighted by atomic mass is 16.5. The van der Waals surface area contributed by atoms with Crippen LogP contribution in [0.5, 0.6) is 0 Å². The number of ether oxygens (including phenoxy) is 2. The Morgan fingerprint density at radius 1 is 1.03 bits per heavy atom. The van der Waals surface area contributed by atoms with Crippen molar-refractivity contribution in [2.45, 2.75) is 38.0 Å². The molecule has 2 amide bonds. The molecule has 0 aromatic heterocycles. The van der Waals surface area contributed by atoms with Crippen molar-refractivity contribution in [1.29, 1.82) is 0 Å². The van der Waals surface area contributed by atoms with E-state index in [0.717, 1.165) is 27.2 Å². The molecule has 0 saturated carbocycles. The molecule has 2 aromatic rings. The van der Waals surface area contributed by atoms with Gasteiger partial charge in [0.25, 0.3) is 0 Å². The first-order chi connectivity index (χ1) is 15.3. The molecule has 3 rings (SSSR count). The lowest BCUT2D eigenvalue weighted by Gasteiger charge is -2.29. The molecular weight excluding hydrogens is 412 g/mol. The molecule has 32 heavy (non-hydrogen) atoms. The molecule has 2 N–H and O–H groups in total. The number of carbonyl (C=O) groups excluding carboxylic acids is 2. The Bertz CT molecular complexity index is 962. The number of aliphatic carboxylic acids is 1. The average Bonchev–Trinajstić information content (AvgIpc) is 3.13. The summed E-state index contributed by atoms with van der Waals surface area (Å²) in [4.78, 5) is 37.7. The minimum atomic E-state index is -1.15. The van der Waals surface area contributed by atoms with Crippen molar-refractivity contribution in [3.05, 3.63) is 59.7 Å². The normalized spacial score (nSPS) is 15.1. The third-order valence-corrected chi connectivity index (χ3v) is 6.01. The second kappa shape index (κ2) is 9.82. The van der Waals surface area contributed by atoms with Gasteiger partial charge in [0.2, 0.25) is 5.91 Å². The van der Waals surface area contributed by atoms with Gasteiger partial charge < -0.3 is 24.8 Å². The largest absolute Gasteiger partial charge is 0.480 e. The van der Waals surface area contributed by atoms with Gasteiger partial charge in [-0.2, -0.15) is 0 Å². The van der Waals surface area contributed by atoms with E-state index in [9.17, 15) is 19.5 Å². The first-order valence-electron chi connectivity index (χ1n) is 10.4. The van der Waals surface area contributed by atoms with E-state index in [-0.39, 0.29) is 12.5 Å². The maximum atomic E-state index is 12.8. The Morgan fingerprint density at radius 2 is 1.56 bits per heavy atom. The molecule has 170 valence electrons. The number of likely N-dealkylation sites (N-methyl/N-ethyl adjacent to an activating group) is 1. The predicted octanol–water partition coefficient (Wildman–Crippen LogP) is 2.86. The van der Waals surface area contributed by atoms with Gasteiger partial charge in [-0.15, -0.1) is 0 Å². The minimum Gasteiger partial charge on any atom is -0.480 e. The fourth-order valence-electron chi connectivity index (χ4n) is 3.86. The number of alkyl carbamates (subject to hydrolysis) is 1. The van der Waals surface area contributed by atoms with Gasteiger partial charge in [0.15, 0.2) is 0 Å². The van der Waals surface area contributed by atoms with E-state index >= 15 is 0 Å². The maximum Gasteiger partial charge on any atom is 0.407 e. The van der Waals surface area contributed by atoms with Crippen LogP contribution in [0.3, 0.4) is 0 Å². The second-order valence-corrected chi connectivity index (χ2v) is 7.85. The number of hydrogen-bond acceptors (Lipinski definition) is 5. The lowest BCUT2D eigenvalue weighted by Crippen LogP contribution is -2.56. The molecule has 0 fully saturated rings. The van der Waals surface area contributed by atoms with Crippen LogP contribution in [0.15, 0.2) is 48.5 Å². The first kappa shape index (κ1) is 23.3. The Balaban J connectivity index is 1.71. The van der Waals surface area contributed by atoms with E-state index in [1.807, 2.05) is 48.5 Å². The van der Waals surface area contributed by atoms with Crippen LogP contribution >= 0.6 is 0 Å². The molecule has 8 heteroatoms. The van der Waals surface area contributed by atoms with Gasteiger partial charge in [-0.05, 0) is 36.1 Å². The molecule has 2 unspecified atom stereocenters. The maximum absolute atomic E-state index is 12.8.